The van der Waals surface area contributed by atoms with Crippen molar-refractivity contribution in [1.29, 1.82) is 0 Å². The molecule has 0 aliphatic carbocycles. The van der Waals surface area contributed by atoms with Crippen LogP contribution in [0.15, 0.2) is 96.7 Å². The van der Waals surface area contributed by atoms with Crippen LogP contribution >= 0.6 is 0 Å². The zero-order valence-corrected chi connectivity index (χ0v) is 23.6. The summed E-state index contributed by atoms with van der Waals surface area (Å²) in [6.07, 6.45) is 2.32. The number of hydrogen-bond donors (Lipinski definition) is 1. The quantitative estimate of drug-likeness (QED) is 0.343. The second kappa shape index (κ2) is 11.0. The van der Waals surface area contributed by atoms with Gasteiger partial charge in [0.2, 0.25) is 0 Å². The Hall–Kier alpha value is -2.25. The summed E-state index contributed by atoms with van der Waals surface area (Å²) >= 11 is 0. The van der Waals surface area contributed by atoms with Crippen LogP contribution in [0.1, 0.15) is 44.4 Å². The number of hydrogen-bond acceptors (Lipinski definition) is 2. The van der Waals surface area contributed by atoms with Crippen LogP contribution in [-0.2, 0) is 11.0 Å². The molecule has 3 rings (SSSR count). The third-order valence-corrected chi connectivity index (χ3v) is 12.4. The number of benzene rings is 3. The van der Waals surface area contributed by atoms with E-state index in [1.54, 1.807) is 0 Å². The lowest BCUT2D eigenvalue weighted by Crippen LogP contribution is -2.66. The van der Waals surface area contributed by atoms with E-state index in [-0.39, 0.29) is 5.04 Å². The zero-order valence-electron chi connectivity index (χ0n) is 21.6. The van der Waals surface area contributed by atoms with Gasteiger partial charge in [0.15, 0.2) is 0 Å². The molecule has 0 saturated heterocycles. The SMILES string of the molecule is CC(C)(C)[Si](OCc1ccc(C(O)CC=C[Si](C)(C)C)cc1)(c1ccccc1)c1ccccc1. The Bertz CT molecular complexity index is 1010. The predicted octanol–water partition coefficient (Wildman–Crippen LogP) is 6.62. The van der Waals surface area contributed by atoms with Gasteiger partial charge in [-0.15, -0.1) is 0 Å². The molecule has 0 aliphatic heterocycles. The van der Waals surface area contributed by atoms with E-state index in [0.717, 1.165) is 11.1 Å². The van der Waals surface area contributed by atoms with Crippen molar-refractivity contribution < 1.29 is 9.53 Å². The average Bonchev–Trinajstić information content (AvgIpc) is 2.79. The van der Waals surface area contributed by atoms with Crippen molar-refractivity contribution in [3.05, 3.63) is 108 Å². The van der Waals surface area contributed by atoms with Gasteiger partial charge in [-0.1, -0.05) is 137 Å². The normalized spacial score (nSPS) is 13.9. The lowest BCUT2D eigenvalue weighted by molar-refractivity contribution is 0.181. The molecule has 0 heterocycles. The Labute approximate surface area is 208 Å². The summed E-state index contributed by atoms with van der Waals surface area (Å²) < 4.78 is 7.02. The first-order chi connectivity index (χ1) is 16.0. The Morgan fingerprint density at radius 1 is 0.794 bits per heavy atom. The Morgan fingerprint density at radius 3 is 1.74 bits per heavy atom. The molecule has 2 nitrogen and oxygen atoms in total. The number of rotatable bonds is 9. The zero-order chi connectivity index (χ0) is 24.8. The van der Waals surface area contributed by atoms with Crippen molar-refractivity contribution in [2.75, 3.05) is 0 Å². The van der Waals surface area contributed by atoms with Gasteiger partial charge in [-0.2, -0.15) is 0 Å². The molecule has 3 aromatic carbocycles. The van der Waals surface area contributed by atoms with Gasteiger partial charge in [0.1, 0.15) is 0 Å². The van der Waals surface area contributed by atoms with Crippen LogP contribution in [0.3, 0.4) is 0 Å². The Morgan fingerprint density at radius 2 is 1.29 bits per heavy atom. The van der Waals surface area contributed by atoms with E-state index in [9.17, 15) is 5.11 Å². The molecule has 0 aromatic heterocycles. The molecule has 3 aromatic rings. The third kappa shape index (κ3) is 6.45. The smallest absolute Gasteiger partial charge is 0.261 e. The summed E-state index contributed by atoms with van der Waals surface area (Å²) in [5, 5.41) is 13.1. The molecule has 0 radical (unpaired) electrons. The van der Waals surface area contributed by atoms with Crippen LogP contribution in [0.2, 0.25) is 24.7 Å². The largest absolute Gasteiger partial charge is 0.403 e. The summed E-state index contributed by atoms with van der Waals surface area (Å²) in [5.41, 5.74) is 4.37. The maximum atomic E-state index is 10.6. The van der Waals surface area contributed by atoms with Crippen molar-refractivity contribution in [2.45, 2.75) is 64.6 Å². The van der Waals surface area contributed by atoms with E-state index in [1.165, 1.54) is 10.4 Å². The van der Waals surface area contributed by atoms with E-state index in [4.69, 9.17) is 4.43 Å². The van der Waals surface area contributed by atoms with Gasteiger partial charge >= 0.3 is 0 Å². The van der Waals surface area contributed by atoms with E-state index in [1.807, 2.05) is 12.1 Å². The van der Waals surface area contributed by atoms with Crippen molar-refractivity contribution in [2.24, 2.45) is 0 Å². The van der Waals surface area contributed by atoms with Gasteiger partial charge in [0.25, 0.3) is 8.32 Å². The lowest BCUT2D eigenvalue weighted by Gasteiger charge is -2.43. The topological polar surface area (TPSA) is 29.5 Å². The first-order valence-corrected chi connectivity index (χ1v) is 17.7. The molecule has 0 spiro atoms. The molecule has 1 atom stereocenters. The second-order valence-electron chi connectivity index (χ2n) is 11.2. The molecular formula is C30H40O2Si2. The highest BCUT2D eigenvalue weighted by atomic mass is 28.4. The first kappa shape index (κ1) is 26.4. The summed E-state index contributed by atoms with van der Waals surface area (Å²) in [4.78, 5) is 0. The fourth-order valence-electron chi connectivity index (χ4n) is 4.48. The molecule has 180 valence electrons. The van der Waals surface area contributed by atoms with E-state index < -0.39 is 22.5 Å². The summed E-state index contributed by atoms with van der Waals surface area (Å²) in [7, 11) is -3.80. The first-order valence-electron chi connectivity index (χ1n) is 12.2. The fourth-order valence-corrected chi connectivity index (χ4v) is 9.86. The van der Waals surface area contributed by atoms with Gasteiger partial charge in [0, 0.05) is 0 Å². The van der Waals surface area contributed by atoms with Crippen LogP contribution in [-0.4, -0.2) is 21.5 Å². The minimum Gasteiger partial charge on any atom is -0.403 e. The molecule has 0 aliphatic rings. The van der Waals surface area contributed by atoms with Gasteiger partial charge in [0.05, 0.1) is 20.8 Å². The lowest BCUT2D eigenvalue weighted by atomic mass is 10.1. The minimum absolute atomic E-state index is 0.0471. The highest BCUT2D eigenvalue weighted by Gasteiger charge is 2.50. The Kier molecular flexibility index (Phi) is 8.53. The standard InChI is InChI=1S/C30H40O2Si2/c1-30(2,3)34(27-14-9-7-10-15-27,28-16-11-8-12-17-28)32-24-25-19-21-26(22-20-25)29(31)18-13-23-33(4,5)6/h7-17,19-23,29,31H,18,24H2,1-6H3. The molecule has 1 N–H and O–H groups in total. The van der Waals surface area contributed by atoms with Crippen LogP contribution < -0.4 is 10.4 Å². The van der Waals surface area contributed by atoms with Gasteiger partial charge in [-0.25, -0.2) is 0 Å². The van der Waals surface area contributed by atoms with E-state index in [2.05, 4.69) is 125 Å². The van der Waals surface area contributed by atoms with Crippen LogP contribution in [0.25, 0.3) is 0 Å². The van der Waals surface area contributed by atoms with Crippen LogP contribution in [0, 0.1) is 0 Å². The molecule has 34 heavy (non-hydrogen) atoms. The summed E-state index contributed by atoms with van der Waals surface area (Å²) in [6, 6.07) is 29.7. The minimum atomic E-state index is -2.56. The molecule has 0 bridgehead atoms. The predicted molar refractivity (Wildman–Crippen MR) is 151 cm³/mol. The van der Waals surface area contributed by atoms with Crippen molar-refractivity contribution >= 4 is 26.8 Å². The monoisotopic (exact) mass is 488 g/mol. The van der Waals surface area contributed by atoms with Crippen molar-refractivity contribution in [1.82, 2.24) is 0 Å². The second-order valence-corrected chi connectivity index (χ2v) is 20.6. The molecule has 0 fully saturated rings. The molecule has 1 unspecified atom stereocenters. The third-order valence-electron chi connectivity index (χ3n) is 6.21. The summed E-state index contributed by atoms with van der Waals surface area (Å²) in [5.74, 6) is 0. The van der Waals surface area contributed by atoms with E-state index >= 15 is 0 Å². The molecule has 0 amide bonds. The van der Waals surface area contributed by atoms with Crippen LogP contribution in [0.5, 0.6) is 0 Å². The maximum absolute atomic E-state index is 10.6. The maximum Gasteiger partial charge on any atom is 0.261 e. The van der Waals surface area contributed by atoms with Gasteiger partial charge in [-0.3, -0.25) is 0 Å². The number of aliphatic hydroxyl groups excluding tert-OH is 1. The van der Waals surface area contributed by atoms with Crippen molar-refractivity contribution in [3.8, 4) is 0 Å². The fraction of sp³-hybridized carbons (Fsp3) is 0.333. The number of aliphatic hydroxyl groups is 1. The van der Waals surface area contributed by atoms with Gasteiger partial charge < -0.3 is 9.53 Å². The Balaban J connectivity index is 1.84. The van der Waals surface area contributed by atoms with Crippen molar-refractivity contribution in [3.63, 3.8) is 0 Å². The highest BCUT2D eigenvalue weighted by molar-refractivity contribution is 6.99. The van der Waals surface area contributed by atoms with Gasteiger partial charge in [-0.05, 0) is 33.0 Å². The average molecular weight is 489 g/mol. The van der Waals surface area contributed by atoms with Crippen LogP contribution in [0.4, 0.5) is 0 Å². The molecule has 4 heteroatoms. The van der Waals surface area contributed by atoms with E-state index in [0.29, 0.717) is 13.0 Å². The highest BCUT2D eigenvalue weighted by Crippen LogP contribution is 2.37. The summed E-state index contributed by atoms with van der Waals surface area (Å²) in [6.45, 7) is 14.3. The molecule has 0 saturated carbocycles. The molecular weight excluding hydrogens is 449 g/mol.